The first kappa shape index (κ1) is 30.8. The van der Waals surface area contributed by atoms with Crippen molar-refractivity contribution in [2.75, 3.05) is 0 Å². The van der Waals surface area contributed by atoms with E-state index in [1.54, 1.807) is 6.92 Å². The summed E-state index contributed by atoms with van der Waals surface area (Å²) in [7, 11) is 5.35. The third-order valence-corrected chi connectivity index (χ3v) is 1.94. The average Bonchev–Trinajstić information content (AvgIpc) is 2.28. The van der Waals surface area contributed by atoms with Gasteiger partial charge in [-0.25, -0.2) is 0 Å². The molecule has 0 spiro atoms. The van der Waals surface area contributed by atoms with Crippen molar-refractivity contribution < 1.29 is 65.4 Å². The predicted octanol–water partition coefficient (Wildman–Crippen LogP) is 1.77. The summed E-state index contributed by atoms with van der Waals surface area (Å²) in [5.74, 6) is 1.52. The summed E-state index contributed by atoms with van der Waals surface area (Å²) in [6.07, 6.45) is 8.00. The van der Waals surface area contributed by atoms with E-state index in [1.807, 2.05) is 27.7 Å². The van der Waals surface area contributed by atoms with E-state index in [0.717, 1.165) is 22.9 Å². The smallest absolute Gasteiger partial charge is 0.118 e. The van der Waals surface area contributed by atoms with Gasteiger partial charge in [0.1, 0.15) is 11.6 Å². The number of hydrogen-bond acceptors (Lipinski definition) is 4. The minimum atomic E-state index is 0. The molecule has 0 aromatic carbocycles. The van der Waals surface area contributed by atoms with Crippen LogP contribution < -0.4 is 5.59 Å². The summed E-state index contributed by atoms with van der Waals surface area (Å²) in [4.78, 5) is 16.0. The molecule has 0 bridgehead atoms. The van der Waals surface area contributed by atoms with Crippen molar-refractivity contribution in [1.29, 1.82) is 0 Å². The Bertz CT molecular complexity index is 439. The van der Waals surface area contributed by atoms with Gasteiger partial charge in [0.25, 0.3) is 0 Å². The molecular weight excluding hydrogens is 437 g/mol. The first-order valence-corrected chi connectivity index (χ1v) is 5.91. The molecular formula is C16H21BN4Y2-2. The molecule has 116 valence electrons. The fraction of sp³-hybridized carbons (Fsp3) is 0.375. The Morgan fingerprint density at radius 2 is 1.00 bits per heavy atom. The van der Waals surface area contributed by atoms with Gasteiger partial charge in [-0.2, -0.15) is 5.59 Å². The molecule has 23 heavy (non-hydrogen) atoms. The van der Waals surface area contributed by atoms with Gasteiger partial charge in [-0.1, -0.05) is 28.2 Å². The summed E-state index contributed by atoms with van der Waals surface area (Å²) in [6, 6.07) is 5.76. The number of aromatic nitrogens is 4. The van der Waals surface area contributed by atoms with Crippen LogP contribution in [0.1, 0.15) is 36.2 Å². The van der Waals surface area contributed by atoms with Gasteiger partial charge < -0.3 is 12.1 Å². The van der Waals surface area contributed by atoms with Crippen LogP contribution in [0.2, 0.25) is 0 Å². The predicted molar refractivity (Wildman–Crippen MR) is 87.4 cm³/mol. The molecule has 2 heterocycles. The van der Waals surface area contributed by atoms with E-state index < -0.39 is 0 Å². The molecule has 4 radical (unpaired) electrons. The van der Waals surface area contributed by atoms with Gasteiger partial charge in [0.2, 0.25) is 0 Å². The molecule has 0 amide bonds. The molecule has 4 nitrogen and oxygen atoms in total. The molecule has 0 fully saturated rings. The zero-order valence-corrected chi connectivity index (χ0v) is 19.4. The molecule has 0 unspecified atom stereocenters. The molecule has 0 saturated heterocycles. The number of rotatable bonds is 0. The van der Waals surface area contributed by atoms with Gasteiger partial charge >= 0.3 is 0 Å². The zero-order valence-electron chi connectivity index (χ0n) is 13.7. The Labute approximate surface area is 192 Å². The van der Waals surface area contributed by atoms with Crippen LogP contribution in [0.5, 0.6) is 0 Å². The fourth-order valence-electron chi connectivity index (χ4n) is 1.51. The normalized spacial score (nSPS) is 7.61. The Morgan fingerprint density at radius 3 is 1.26 bits per heavy atom. The van der Waals surface area contributed by atoms with Crippen molar-refractivity contribution in [2.45, 2.75) is 42.0 Å². The zero-order chi connectivity index (χ0) is 15.7. The maximum absolute atomic E-state index is 5.35. The molecule has 0 saturated carbocycles. The minimum absolute atomic E-state index is 0. The molecule has 0 aliphatic rings. The van der Waals surface area contributed by atoms with Crippen LogP contribution in [0.4, 0.5) is 0 Å². The topological polar surface area (TPSA) is 51.6 Å². The van der Waals surface area contributed by atoms with Crippen molar-refractivity contribution >= 4 is 13.4 Å². The van der Waals surface area contributed by atoms with Crippen LogP contribution >= 0.6 is 0 Å². The van der Waals surface area contributed by atoms with Crippen LogP contribution in [0.25, 0.3) is 0 Å². The number of aryl methyl sites for hydroxylation is 5. The molecule has 0 aliphatic carbocycles. The molecule has 0 atom stereocenters. The Morgan fingerprint density at radius 1 is 0.696 bits per heavy atom. The largest absolute Gasteiger partial charge is 0.438 e. The van der Waals surface area contributed by atoms with E-state index in [9.17, 15) is 0 Å². The van der Waals surface area contributed by atoms with Crippen LogP contribution in [0.3, 0.4) is 0 Å². The van der Waals surface area contributed by atoms with Gasteiger partial charge in [-0.05, 0) is 13.8 Å². The quantitative estimate of drug-likeness (QED) is 0.344. The molecule has 2 aromatic rings. The third-order valence-electron chi connectivity index (χ3n) is 1.94. The molecule has 2 aromatic heterocycles. The third kappa shape index (κ3) is 15.3. The summed E-state index contributed by atoms with van der Waals surface area (Å²) >= 11 is 0. The van der Waals surface area contributed by atoms with Gasteiger partial charge in [-0.15, -0.1) is 29.9 Å². The molecule has 7 heteroatoms. The van der Waals surface area contributed by atoms with E-state index in [1.165, 1.54) is 0 Å². The van der Waals surface area contributed by atoms with Gasteiger partial charge in [-0.3, -0.25) is 19.9 Å². The standard InChI is InChI=1S/C7H9N2.C6H6BN2.C2H2.CH4.2Y/c1-5-4-6(2)9-7(3)8-5;1-4-3-6(7)9-5(2)8-4;1-2;;;/h1-3H3;1-2H3;1-2H;1H4;;/q2*-1;;;;. The first-order chi connectivity index (χ1) is 9.36. The SMILES string of the molecule is C.C#C.Cc1[c-]c(C)nc(C)n1.[B]c1[c-]c(C)nc(C)n1.[Y].[Y]. The number of nitrogens with zero attached hydrogens (tertiary/aromatic N) is 4. The Kier molecular flexibility index (Phi) is 22.6. The monoisotopic (exact) mass is 458 g/mol. The van der Waals surface area contributed by atoms with Gasteiger partial charge in [0.15, 0.2) is 0 Å². The van der Waals surface area contributed by atoms with E-state index in [-0.39, 0.29) is 72.8 Å². The van der Waals surface area contributed by atoms with E-state index >= 15 is 0 Å². The molecule has 2 rings (SSSR count). The van der Waals surface area contributed by atoms with Crippen molar-refractivity contribution in [1.82, 2.24) is 19.9 Å². The van der Waals surface area contributed by atoms with Crippen LogP contribution in [-0.2, 0) is 65.4 Å². The minimum Gasteiger partial charge on any atom is -0.438 e. The first-order valence-electron chi connectivity index (χ1n) is 5.91. The number of hydrogen-bond donors (Lipinski definition) is 0. The van der Waals surface area contributed by atoms with Gasteiger partial charge in [0.05, 0.1) is 7.85 Å². The Hall–Kier alpha value is -0.00727. The van der Waals surface area contributed by atoms with Gasteiger partial charge in [0, 0.05) is 65.4 Å². The fourth-order valence-corrected chi connectivity index (χ4v) is 1.51. The van der Waals surface area contributed by atoms with Crippen LogP contribution in [0.15, 0.2) is 0 Å². The maximum Gasteiger partial charge on any atom is 0.118 e. The summed E-state index contributed by atoms with van der Waals surface area (Å²) in [5.41, 5.74) is 3.04. The summed E-state index contributed by atoms with van der Waals surface area (Å²) in [6.45, 7) is 9.36. The second-order valence-electron chi connectivity index (χ2n) is 3.93. The van der Waals surface area contributed by atoms with Crippen LogP contribution in [0, 0.1) is 59.6 Å². The maximum atomic E-state index is 5.35. The van der Waals surface area contributed by atoms with E-state index in [0.29, 0.717) is 11.4 Å². The second-order valence-corrected chi connectivity index (χ2v) is 3.93. The average molecular weight is 458 g/mol. The molecule has 0 N–H and O–H groups in total. The number of terminal acetylenes is 1. The van der Waals surface area contributed by atoms with E-state index in [4.69, 9.17) is 7.85 Å². The second kappa shape index (κ2) is 16.8. The van der Waals surface area contributed by atoms with Crippen molar-refractivity contribution in [3.63, 3.8) is 0 Å². The van der Waals surface area contributed by atoms with E-state index in [2.05, 4.69) is 44.9 Å². The summed E-state index contributed by atoms with van der Waals surface area (Å²) < 4.78 is 0. The van der Waals surface area contributed by atoms with Crippen molar-refractivity contribution in [3.8, 4) is 12.8 Å². The Balaban J connectivity index is -0.000000127. The van der Waals surface area contributed by atoms with Crippen molar-refractivity contribution in [3.05, 3.63) is 40.9 Å². The van der Waals surface area contributed by atoms with Crippen LogP contribution in [-0.4, -0.2) is 27.8 Å². The van der Waals surface area contributed by atoms with Crippen molar-refractivity contribution in [2.24, 2.45) is 0 Å². The summed E-state index contributed by atoms with van der Waals surface area (Å²) in [5, 5.41) is 0. The molecule has 0 aliphatic heterocycles.